The predicted molar refractivity (Wildman–Crippen MR) is 126 cm³/mol. The number of nitrogen functional groups attached to an aromatic ring is 1. The fourth-order valence-corrected chi connectivity index (χ4v) is 6.25. The molecule has 0 saturated carbocycles. The van der Waals surface area contributed by atoms with Gasteiger partial charge in [0.2, 0.25) is 21.9 Å². The van der Waals surface area contributed by atoms with Crippen molar-refractivity contribution in [3.8, 4) is 11.3 Å². The highest BCUT2D eigenvalue weighted by Crippen LogP contribution is 2.42. The molecule has 11 nitrogen and oxygen atoms in total. The van der Waals surface area contributed by atoms with Gasteiger partial charge in [0.05, 0.1) is 29.7 Å². The molecule has 0 bridgehead atoms. The van der Waals surface area contributed by atoms with Crippen molar-refractivity contribution in [2.24, 2.45) is 0 Å². The molecule has 2 fully saturated rings. The number of nitrogens with two attached hydrogens (primary N) is 1. The summed E-state index contributed by atoms with van der Waals surface area (Å²) in [4.78, 5) is 22.6. The maximum Gasteiger partial charge on any atom is 0.228 e. The number of hydrogen-bond acceptors (Lipinski definition) is 10. The Morgan fingerprint density at radius 2 is 1.76 bits per heavy atom. The zero-order chi connectivity index (χ0) is 23.4. The van der Waals surface area contributed by atoms with Crippen molar-refractivity contribution < 1.29 is 13.2 Å². The van der Waals surface area contributed by atoms with Gasteiger partial charge in [0.25, 0.3) is 0 Å². The van der Waals surface area contributed by atoms with Crippen LogP contribution in [0.3, 0.4) is 0 Å². The Morgan fingerprint density at radius 3 is 2.39 bits per heavy atom. The SMILES string of the molecule is CC(C)S(=O)(=O)N1CC(C)(N2CCc3c(-c4cnc(N)nc4)nc(N4CCOCC4)nc32)C1. The summed E-state index contributed by atoms with van der Waals surface area (Å²) in [5.74, 6) is 1.72. The van der Waals surface area contributed by atoms with E-state index in [1.165, 1.54) is 0 Å². The van der Waals surface area contributed by atoms with Crippen LogP contribution in [-0.4, -0.2) is 89.4 Å². The Hall–Kier alpha value is -2.57. The lowest BCUT2D eigenvalue weighted by Gasteiger charge is -2.53. The van der Waals surface area contributed by atoms with Crippen LogP contribution in [0.4, 0.5) is 17.7 Å². The summed E-state index contributed by atoms with van der Waals surface area (Å²) in [5, 5.41) is -0.430. The molecule has 2 aromatic heterocycles. The minimum atomic E-state index is -3.28. The number of hydrogen-bond donors (Lipinski definition) is 1. The molecule has 2 N–H and O–H groups in total. The van der Waals surface area contributed by atoms with Gasteiger partial charge in [-0.2, -0.15) is 9.29 Å². The van der Waals surface area contributed by atoms with Gasteiger partial charge in [0.15, 0.2) is 0 Å². The van der Waals surface area contributed by atoms with E-state index in [1.54, 1.807) is 30.5 Å². The second-order valence-electron chi connectivity index (χ2n) is 9.36. The van der Waals surface area contributed by atoms with E-state index in [-0.39, 0.29) is 11.5 Å². The molecule has 2 saturated heterocycles. The largest absolute Gasteiger partial charge is 0.378 e. The molecule has 0 aliphatic carbocycles. The van der Waals surface area contributed by atoms with Crippen LogP contribution in [0.2, 0.25) is 0 Å². The van der Waals surface area contributed by atoms with E-state index < -0.39 is 15.3 Å². The Bertz CT molecular complexity index is 1140. The van der Waals surface area contributed by atoms with Gasteiger partial charge in [-0.25, -0.2) is 23.4 Å². The molecule has 33 heavy (non-hydrogen) atoms. The number of sulfonamides is 1. The minimum Gasteiger partial charge on any atom is -0.378 e. The van der Waals surface area contributed by atoms with Crippen LogP contribution in [0.25, 0.3) is 11.3 Å². The maximum absolute atomic E-state index is 12.6. The quantitative estimate of drug-likeness (QED) is 0.654. The van der Waals surface area contributed by atoms with Crippen molar-refractivity contribution in [3.05, 3.63) is 18.0 Å². The van der Waals surface area contributed by atoms with Crippen LogP contribution in [-0.2, 0) is 21.2 Å². The van der Waals surface area contributed by atoms with E-state index in [2.05, 4.69) is 26.7 Å². The Balaban J connectivity index is 1.53. The summed E-state index contributed by atoms with van der Waals surface area (Å²) >= 11 is 0. The lowest BCUT2D eigenvalue weighted by Crippen LogP contribution is -2.70. The van der Waals surface area contributed by atoms with Gasteiger partial charge in [-0.05, 0) is 27.2 Å². The molecule has 5 rings (SSSR count). The minimum absolute atomic E-state index is 0.216. The molecule has 2 aromatic rings. The van der Waals surface area contributed by atoms with Crippen LogP contribution in [0.5, 0.6) is 0 Å². The standard InChI is InChI=1S/C21H30N8O3S/c1-14(2)33(30,31)28-12-21(3,13-28)29-5-4-16-17(15-10-23-19(22)24-11-15)25-20(26-18(16)29)27-6-8-32-9-7-27/h10-11,14H,4-9,12-13H2,1-3H3,(H2,22,23,24). The summed E-state index contributed by atoms with van der Waals surface area (Å²) in [6.07, 6.45) is 4.16. The highest BCUT2D eigenvalue weighted by Gasteiger charge is 2.51. The Labute approximate surface area is 194 Å². The summed E-state index contributed by atoms with van der Waals surface area (Å²) in [7, 11) is -3.28. The molecule has 5 heterocycles. The van der Waals surface area contributed by atoms with Crippen molar-refractivity contribution in [1.29, 1.82) is 0 Å². The van der Waals surface area contributed by atoms with Gasteiger partial charge in [-0.15, -0.1) is 0 Å². The smallest absolute Gasteiger partial charge is 0.228 e. The van der Waals surface area contributed by atoms with Crippen molar-refractivity contribution in [2.45, 2.75) is 38.0 Å². The van der Waals surface area contributed by atoms with Crippen LogP contribution in [0, 0.1) is 0 Å². The zero-order valence-electron chi connectivity index (χ0n) is 19.2. The molecule has 0 aromatic carbocycles. The van der Waals surface area contributed by atoms with Crippen molar-refractivity contribution in [3.63, 3.8) is 0 Å². The summed E-state index contributed by atoms with van der Waals surface area (Å²) in [6, 6.07) is 0. The van der Waals surface area contributed by atoms with E-state index in [4.69, 9.17) is 20.4 Å². The molecule has 178 valence electrons. The van der Waals surface area contributed by atoms with E-state index in [1.807, 2.05) is 0 Å². The topological polar surface area (TPSA) is 131 Å². The monoisotopic (exact) mass is 474 g/mol. The maximum atomic E-state index is 12.6. The molecule has 0 spiro atoms. The van der Waals surface area contributed by atoms with Crippen molar-refractivity contribution >= 4 is 27.7 Å². The number of nitrogens with zero attached hydrogens (tertiary/aromatic N) is 7. The number of rotatable bonds is 5. The van der Waals surface area contributed by atoms with Crippen molar-refractivity contribution in [2.75, 3.05) is 61.5 Å². The average Bonchev–Trinajstić information content (AvgIpc) is 3.22. The van der Waals surface area contributed by atoms with Gasteiger partial charge in [0.1, 0.15) is 5.82 Å². The third kappa shape index (κ3) is 3.79. The Morgan fingerprint density at radius 1 is 1.09 bits per heavy atom. The van der Waals surface area contributed by atoms with Crippen LogP contribution < -0.4 is 15.5 Å². The molecule has 12 heteroatoms. The van der Waals surface area contributed by atoms with Gasteiger partial charge in [-0.1, -0.05) is 0 Å². The first kappa shape index (κ1) is 22.2. The second kappa shape index (κ2) is 8.03. The number of ether oxygens (including phenoxy) is 1. The van der Waals surface area contributed by atoms with Crippen LogP contribution in [0.15, 0.2) is 12.4 Å². The molecule has 0 atom stereocenters. The van der Waals surface area contributed by atoms with E-state index >= 15 is 0 Å². The number of anilines is 3. The third-order valence-corrected chi connectivity index (χ3v) is 8.86. The number of aromatic nitrogens is 4. The molecule has 0 unspecified atom stereocenters. The van der Waals surface area contributed by atoms with Crippen LogP contribution in [0.1, 0.15) is 26.3 Å². The van der Waals surface area contributed by atoms with E-state index in [0.29, 0.717) is 45.3 Å². The zero-order valence-corrected chi connectivity index (χ0v) is 20.0. The molecule has 3 aliphatic heterocycles. The first-order valence-corrected chi connectivity index (χ1v) is 12.8. The van der Waals surface area contributed by atoms with Crippen molar-refractivity contribution in [1.82, 2.24) is 24.2 Å². The highest BCUT2D eigenvalue weighted by atomic mass is 32.2. The molecule has 0 radical (unpaired) electrons. The Kier molecular flexibility index (Phi) is 5.41. The predicted octanol–water partition coefficient (Wildman–Crippen LogP) is 0.527. The summed E-state index contributed by atoms with van der Waals surface area (Å²) in [5.41, 5.74) is 8.01. The molecular weight excluding hydrogens is 444 g/mol. The van der Waals surface area contributed by atoms with Gasteiger partial charge >= 0.3 is 0 Å². The normalized spacial score (nSPS) is 20.7. The van der Waals surface area contributed by atoms with Crippen LogP contribution >= 0.6 is 0 Å². The molecule has 3 aliphatic rings. The van der Waals surface area contributed by atoms with E-state index in [0.717, 1.165) is 35.6 Å². The highest BCUT2D eigenvalue weighted by molar-refractivity contribution is 7.89. The van der Waals surface area contributed by atoms with Gasteiger partial charge < -0.3 is 20.3 Å². The lowest BCUT2D eigenvalue weighted by atomic mass is 9.93. The first-order valence-electron chi connectivity index (χ1n) is 11.3. The van der Waals surface area contributed by atoms with Gasteiger partial charge in [-0.3, -0.25) is 0 Å². The van der Waals surface area contributed by atoms with E-state index in [9.17, 15) is 8.42 Å². The fourth-order valence-electron chi connectivity index (χ4n) is 4.74. The average molecular weight is 475 g/mol. The molecule has 0 amide bonds. The third-order valence-electron chi connectivity index (χ3n) is 6.69. The number of fused-ring (bicyclic) bond motifs is 1. The summed E-state index contributed by atoms with van der Waals surface area (Å²) in [6.45, 7) is 9.89. The summed E-state index contributed by atoms with van der Waals surface area (Å²) < 4.78 is 32.3. The number of morpholine rings is 1. The lowest BCUT2D eigenvalue weighted by molar-refractivity contribution is 0.122. The first-order chi connectivity index (χ1) is 15.7. The fraction of sp³-hybridized carbons (Fsp3) is 0.619. The molecular formula is C21H30N8O3S. The second-order valence-corrected chi connectivity index (χ2v) is 11.9. The van der Waals surface area contributed by atoms with Gasteiger partial charge in [0, 0.05) is 56.2 Å².